The average molecular weight is 270 g/mol. The van der Waals surface area contributed by atoms with Gasteiger partial charge < -0.3 is 10.4 Å². The van der Waals surface area contributed by atoms with Crippen LogP contribution in [0, 0.1) is 6.92 Å². The Morgan fingerprint density at radius 2 is 2.17 bits per heavy atom. The number of amides is 2. The van der Waals surface area contributed by atoms with E-state index in [1.165, 1.54) is 11.3 Å². The van der Waals surface area contributed by atoms with Gasteiger partial charge in [0.25, 0.3) is 0 Å². The molecule has 0 radical (unpaired) electrons. The maximum atomic E-state index is 11.7. The Labute approximate surface area is 108 Å². The van der Waals surface area contributed by atoms with Crippen molar-refractivity contribution in [3.05, 3.63) is 5.01 Å². The quantitative estimate of drug-likeness (QED) is 0.766. The number of aliphatic carboxylic acids is 1. The van der Waals surface area contributed by atoms with Crippen molar-refractivity contribution in [3.8, 4) is 0 Å². The van der Waals surface area contributed by atoms with Gasteiger partial charge in [0, 0.05) is 0 Å². The van der Waals surface area contributed by atoms with Crippen molar-refractivity contribution >= 4 is 28.5 Å². The third-order valence-electron chi connectivity index (χ3n) is 2.93. The number of aromatic nitrogens is 2. The van der Waals surface area contributed by atoms with Gasteiger partial charge in [-0.1, -0.05) is 11.3 Å². The molecule has 98 valence electrons. The number of urea groups is 1. The lowest BCUT2D eigenvalue weighted by Crippen LogP contribution is -2.55. The summed E-state index contributed by atoms with van der Waals surface area (Å²) < 4.78 is 0. The van der Waals surface area contributed by atoms with Crippen LogP contribution in [0.1, 0.15) is 30.7 Å². The van der Waals surface area contributed by atoms with E-state index in [0.717, 1.165) is 11.4 Å². The third-order valence-corrected chi connectivity index (χ3v) is 3.68. The predicted octanol–water partition coefficient (Wildman–Crippen LogP) is 1.37. The molecule has 1 aliphatic carbocycles. The fourth-order valence-corrected chi connectivity index (χ4v) is 2.54. The van der Waals surface area contributed by atoms with Crippen molar-refractivity contribution in [2.45, 2.75) is 38.1 Å². The summed E-state index contributed by atoms with van der Waals surface area (Å²) in [7, 11) is 0. The minimum absolute atomic E-state index is 0.0461. The Bertz CT molecular complexity index is 469. The van der Waals surface area contributed by atoms with E-state index in [2.05, 4.69) is 20.8 Å². The molecule has 0 spiro atoms. The van der Waals surface area contributed by atoms with E-state index in [9.17, 15) is 9.59 Å². The van der Waals surface area contributed by atoms with E-state index < -0.39 is 17.5 Å². The summed E-state index contributed by atoms with van der Waals surface area (Å²) in [5.74, 6) is -0.901. The van der Waals surface area contributed by atoms with Gasteiger partial charge in [-0.25, -0.2) is 4.79 Å². The minimum Gasteiger partial charge on any atom is -0.481 e. The number of carbonyl (C=O) groups is 2. The lowest BCUT2D eigenvalue weighted by molar-refractivity contribution is -0.139. The molecule has 1 aliphatic rings. The number of nitrogens with zero attached hydrogens (tertiary/aromatic N) is 2. The molecule has 0 saturated heterocycles. The largest absolute Gasteiger partial charge is 0.481 e. The van der Waals surface area contributed by atoms with Gasteiger partial charge in [-0.3, -0.25) is 10.1 Å². The van der Waals surface area contributed by atoms with Gasteiger partial charge in [-0.15, -0.1) is 10.2 Å². The molecule has 1 fully saturated rings. The first kappa shape index (κ1) is 12.7. The standard InChI is InChI=1S/C10H14N4O3S/c1-6-13-14-9(18-6)11-8(17)12-10(3-2-4-10)5-7(15)16/h2-5H2,1H3,(H,15,16)(H2,11,12,14,17). The molecule has 2 amide bonds. The topological polar surface area (TPSA) is 104 Å². The fourth-order valence-electron chi connectivity index (χ4n) is 1.96. The number of carboxylic acid groups (broad SMARTS) is 1. The molecule has 0 unspecified atom stereocenters. The van der Waals surface area contributed by atoms with Gasteiger partial charge >= 0.3 is 12.0 Å². The zero-order valence-electron chi connectivity index (χ0n) is 9.89. The van der Waals surface area contributed by atoms with E-state index in [-0.39, 0.29) is 6.42 Å². The molecular weight excluding hydrogens is 256 g/mol. The molecule has 8 heteroatoms. The Morgan fingerprint density at radius 1 is 1.44 bits per heavy atom. The summed E-state index contributed by atoms with van der Waals surface area (Å²) in [4.78, 5) is 22.5. The summed E-state index contributed by atoms with van der Waals surface area (Å²) in [6.45, 7) is 1.79. The summed E-state index contributed by atoms with van der Waals surface area (Å²) in [5.41, 5.74) is -0.602. The number of rotatable bonds is 4. The number of carboxylic acids is 1. The number of nitrogens with one attached hydrogen (secondary N) is 2. The van der Waals surface area contributed by atoms with Crippen LogP contribution in [0.3, 0.4) is 0 Å². The number of anilines is 1. The molecule has 3 N–H and O–H groups in total. The van der Waals surface area contributed by atoms with Crippen LogP contribution >= 0.6 is 11.3 Å². The second-order valence-corrected chi connectivity index (χ2v) is 5.59. The number of hydrogen-bond acceptors (Lipinski definition) is 5. The Hall–Kier alpha value is -1.70. The monoisotopic (exact) mass is 270 g/mol. The first-order valence-corrected chi connectivity index (χ1v) is 6.42. The third kappa shape index (κ3) is 2.95. The molecule has 1 aromatic heterocycles. The molecule has 18 heavy (non-hydrogen) atoms. The van der Waals surface area contributed by atoms with Gasteiger partial charge in [0.2, 0.25) is 5.13 Å². The maximum absolute atomic E-state index is 11.7. The molecular formula is C10H14N4O3S. The van der Waals surface area contributed by atoms with E-state index in [1.54, 1.807) is 6.92 Å². The maximum Gasteiger partial charge on any atom is 0.321 e. The SMILES string of the molecule is Cc1nnc(NC(=O)NC2(CC(=O)O)CCC2)s1. The van der Waals surface area contributed by atoms with Crippen LogP contribution in [-0.4, -0.2) is 32.8 Å². The average Bonchev–Trinajstić information content (AvgIpc) is 2.59. The van der Waals surface area contributed by atoms with Crippen molar-refractivity contribution in [2.24, 2.45) is 0 Å². The number of hydrogen-bond donors (Lipinski definition) is 3. The number of aryl methyl sites for hydroxylation is 1. The van der Waals surface area contributed by atoms with Gasteiger partial charge in [0.05, 0.1) is 12.0 Å². The van der Waals surface area contributed by atoms with Crippen molar-refractivity contribution in [2.75, 3.05) is 5.32 Å². The smallest absolute Gasteiger partial charge is 0.321 e. The van der Waals surface area contributed by atoms with Crippen LogP contribution in [0.2, 0.25) is 0 Å². The van der Waals surface area contributed by atoms with Gasteiger partial charge in [0.15, 0.2) is 0 Å². The van der Waals surface area contributed by atoms with Gasteiger partial charge in [-0.2, -0.15) is 0 Å². The molecule has 7 nitrogen and oxygen atoms in total. The van der Waals surface area contributed by atoms with E-state index >= 15 is 0 Å². The van der Waals surface area contributed by atoms with E-state index in [0.29, 0.717) is 18.0 Å². The summed E-state index contributed by atoms with van der Waals surface area (Å²) in [6, 6.07) is -0.424. The lowest BCUT2D eigenvalue weighted by atomic mass is 9.74. The highest BCUT2D eigenvalue weighted by molar-refractivity contribution is 7.15. The first-order valence-electron chi connectivity index (χ1n) is 5.60. The van der Waals surface area contributed by atoms with Gasteiger partial charge in [0.1, 0.15) is 5.01 Å². The minimum atomic E-state index is -0.901. The Kier molecular flexibility index (Phi) is 3.46. The fraction of sp³-hybridized carbons (Fsp3) is 0.600. The molecule has 2 rings (SSSR count). The Balaban J connectivity index is 1.91. The van der Waals surface area contributed by atoms with Crippen LogP contribution in [0.25, 0.3) is 0 Å². The van der Waals surface area contributed by atoms with Crippen LogP contribution in [0.15, 0.2) is 0 Å². The highest BCUT2D eigenvalue weighted by atomic mass is 32.1. The zero-order chi connectivity index (χ0) is 13.2. The molecule has 0 bridgehead atoms. The van der Waals surface area contributed by atoms with Crippen LogP contribution in [0.4, 0.5) is 9.93 Å². The second-order valence-electron chi connectivity index (χ2n) is 4.41. The van der Waals surface area contributed by atoms with E-state index in [1.807, 2.05) is 0 Å². The lowest BCUT2D eigenvalue weighted by Gasteiger charge is -2.41. The molecule has 1 aromatic rings. The van der Waals surface area contributed by atoms with Crippen molar-refractivity contribution < 1.29 is 14.7 Å². The van der Waals surface area contributed by atoms with Crippen LogP contribution in [-0.2, 0) is 4.79 Å². The van der Waals surface area contributed by atoms with Gasteiger partial charge in [-0.05, 0) is 26.2 Å². The summed E-state index contributed by atoms with van der Waals surface area (Å²) in [5, 5.41) is 22.8. The van der Waals surface area contributed by atoms with Crippen LogP contribution in [0.5, 0.6) is 0 Å². The molecule has 1 heterocycles. The summed E-state index contributed by atoms with van der Waals surface area (Å²) in [6.07, 6.45) is 2.28. The first-order chi connectivity index (χ1) is 8.49. The Morgan fingerprint density at radius 3 is 2.61 bits per heavy atom. The summed E-state index contributed by atoms with van der Waals surface area (Å²) >= 11 is 1.27. The number of carbonyl (C=O) groups excluding carboxylic acids is 1. The normalized spacial score (nSPS) is 16.7. The predicted molar refractivity (Wildman–Crippen MR) is 65.6 cm³/mol. The van der Waals surface area contributed by atoms with Crippen molar-refractivity contribution in [1.82, 2.24) is 15.5 Å². The van der Waals surface area contributed by atoms with E-state index in [4.69, 9.17) is 5.11 Å². The highest BCUT2D eigenvalue weighted by Gasteiger charge is 2.40. The molecule has 1 saturated carbocycles. The van der Waals surface area contributed by atoms with Crippen molar-refractivity contribution in [3.63, 3.8) is 0 Å². The zero-order valence-corrected chi connectivity index (χ0v) is 10.7. The van der Waals surface area contributed by atoms with Crippen LogP contribution < -0.4 is 10.6 Å². The molecule has 0 atom stereocenters. The van der Waals surface area contributed by atoms with Crippen molar-refractivity contribution in [1.29, 1.82) is 0 Å². The highest BCUT2D eigenvalue weighted by Crippen LogP contribution is 2.35. The molecule has 0 aliphatic heterocycles. The second kappa shape index (κ2) is 4.89. The molecule has 0 aromatic carbocycles.